The number of aromatic nitrogens is 2. The number of urea groups is 1. The molecule has 41 heavy (non-hydrogen) atoms. The minimum atomic E-state index is -0.540. The van der Waals surface area contributed by atoms with E-state index in [0.29, 0.717) is 41.1 Å². The first-order chi connectivity index (χ1) is 19.9. The number of methoxy groups -OCH3 is 1. The van der Waals surface area contributed by atoms with E-state index in [9.17, 15) is 9.59 Å². The van der Waals surface area contributed by atoms with Crippen LogP contribution in [0.2, 0.25) is 0 Å². The van der Waals surface area contributed by atoms with Gasteiger partial charge in [-0.1, -0.05) is 79.7 Å². The highest BCUT2D eigenvalue weighted by atomic mass is 16.5. The van der Waals surface area contributed by atoms with Gasteiger partial charge < -0.3 is 15.0 Å². The predicted octanol–water partition coefficient (Wildman–Crippen LogP) is 7.20. The van der Waals surface area contributed by atoms with E-state index in [0.717, 1.165) is 22.4 Å². The molecule has 0 fully saturated rings. The van der Waals surface area contributed by atoms with E-state index in [-0.39, 0.29) is 11.6 Å². The van der Waals surface area contributed by atoms with Crippen molar-refractivity contribution >= 4 is 22.6 Å². The fourth-order valence-corrected chi connectivity index (χ4v) is 5.26. The summed E-state index contributed by atoms with van der Waals surface area (Å²) in [6.07, 6.45) is 0.521. The molecule has 1 aromatic heterocycles. The van der Waals surface area contributed by atoms with E-state index in [2.05, 4.69) is 5.32 Å². The van der Waals surface area contributed by atoms with Gasteiger partial charge in [-0.3, -0.25) is 9.36 Å². The number of para-hydroxylation sites is 4. The third kappa shape index (κ3) is 5.57. The molecule has 2 amide bonds. The van der Waals surface area contributed by atoms with Gasteiger partial charge in [0.15, 0.2) is 0 Å². The Bertz CT molecular complexity index is 1730. The van der Waals surface area contributed by atoms with Gasteiger partial charge in [0.1, 0.15) is 11.6 Å². The minimum Gasteiger partial charge on any atom is -0.495 e. The Morgan fingerprint density at radius 1 is 0.902 bits per heavy atom. The van der Waals surface area contributed by atoms with Gasteiger partial charge in [-0.05, 0) is 61.2 Å². The van der Waals surface area contributed by atoms with Crippen LogP contribution in [0, 0.1) is 13.8 Å². The van der Waals surface area contributed by atoms with Gasteiger partial charge in [0.25, 0.3) is 5.56 Å². The molecule has 0 aliphatic rings. The largest absolute Gasteiger partial charge is 0.495 e. The average Bonchev–Trinajstić information content (AvgIpc) is 2.99. The summed E-state index contributed by atoms with van der Waals surface area (Å²) in [6, 6.07) is 29.6. The van der Waals surface area contributed by atoms with E-state index >= 15 is 0 Å². The van der Waals surface area contributed by atoms with Crippen molar-refractivity contribution in [3.63, 3.8) is 0 Å². The van der Waals surface area contributed by atoms with Gasteiger partial charge in [0.2, 0.25) is 0 Å². The summed E-state index contributed by atoms with van der Waals surface area (Å²) in [4.78, 5) is 35.1. The summed E-state index contributed by atoms with van der Waals surface area (Å²) in [5.41, 5.74) is 4.62. The van der Waals surface area contributed by atoms with Crippen LogP contribution in [0.3, 0.4) is 0 Å². The number of aryl methyl sites for hydroxylation is 2. The number of hydrogen-bond acceptors (Lipinski definition) is 4. The van der Waals surface area contributed by atoms with Gasteiger partial charge in [-0.25, -0.2) is 9.78 Å². The number of amides is 2. The van der Waals surface area contributed by atoms with Crippen LogP contribution in [0.15, 0.2) is 102 Å². The van der Waals surface area contributed by atoms with Crippen LogP contribution in [0.1, 0.15) is 41.9 Å². The van der Waals surface area contributed by atoms with E-state index in [1.54, 1.807) is 22.6 Å². The van der Waals surface area contributed by atoms with Crippen LogP contribution in [-0.2, 0) is 6.54 Å². The standard InChI is InChI=1S/C34H34N4O3/c1-5-28(37(22-25-16-7-6-8-17-25)34(40)36-31-23(2)14-13-15-24(31)3)32-35-27-19-10-9-18-26(27)33(39)38(32)29-20-11-12-21-30(29)41-4/h6-21,28H,5,22H2,1-4H3,(H,36,40). The molecule has 1 N–H and O–H groups in total. The predicted molar refractivity (Wildman–Crippen MR) is 164 cm³/mol. The van der Waals surface area contributed by atoms with Crippen molar-refractivity contribution < 1.29 is 9.53 Å². The number of benzene rings is 4. The molecule has 5 rings (SSSR count). The lowest BCUT2D eigenvalue weighted by Crippen LogP contribution is -2.40. The normalized spacial score (nSPS) is 11.7. The average molecular weight is 547 g/mol. The lowest BCUT2D eigenvalue weighted by atomic mass is 10.1. The van der Waals surface area contributed by atoms with Crippen molar-refractivity contribution in [1.29, 1.82) is 0 Å². The Morgan fingerprint density at radius 3 is 2.27 bits per heavy atom. The van der Waals surface area contributed by atoms with Gasteiger partial charge in [0.05, 0.1) is 29.7 Å². The monoisotopic (exact) mass is 546 g/mol. The topological polar surface area (TPSA) is 76.5 Å². The molecule has 1 heterocycles. The first-order valence-corrected chi connectivity index (χ1v) is 13.8. The summed E-state index contributed by atoms with van der Waals surface area (Å²) in [5.74, 6) is 1.01. The quantitative estimate of drug-likeness (QED) is 0.223. The van der Waals surface area contributed by atoms with E-state index in [1.165, 1.54) is 0 Å². The Balaban J connectivity index is 1.72. The summed E-state index contributed by atoms with van der Waals surface area (Å²) in [7, 11) is 1.58. The summed E-state index contributed by atoms with van der Waals surface area (Å²) < 4.78 is 7.26. The van der Waals surface area contributed by atoms with E-state index in [4.69, 9.17) is 9.72 Å². The number of hydrogen-bond donors (Lipinski definition) is 1. The van der Waals surface area contributed by atoms with Gasteiger partial charge in [-0.2, -0.15) is 0 Å². The molecule has 1 atom stereocenters. The van der Waals surface area contributed by atoms with Gasteiger partial charge >= 0.3 is 6.03 Å². The third-order valence-corrected chi connectivity index (χ3v) is 7.36. The number of rotatable bonds is 8. The number of anilines is 1. The minimum absolute atomic E-state index is 0.219. The fourth-order valence-electron chi connectivity index (χ4n) is 5.26. The number of carbonyl (C=O) groups is 1. The van der Waals surface area contributed by atoms with Crippen LogP contribution in [0.25, 0.3) is 16.6 Å². The van der Waals surface area contributed by atoms with Crippen molar-refractivity contribution in [1.82, 2.24) is 14.5 Å². The molecule has 7 nitrogen and oxygen atoms in total. The summed E-state index contributed by atoms with van der Waals surface area (Å²) >= 11 is 0. The molecule has 0 saturated carbocycles. The van der Waals surface area contributed by atoms with Crippen molar-refractivity contribution in [3.05, 3.63) is 130 Å². The zero-order valence-electron chi connectivity index (χ0n) is 23.8. The molecule has 0 aliphatic carbocycles. The first-order valence-electron chi connectivity index (χ1n) is 13.8. The Labute approximate surface area is 240 Å². The summed E-state index contributed by atoms with van der Waals surface area (Å²) in [5, 5.41) is 3.66. The molecule has 0 aliphatic heterocycles. The van der Waals surface area contributed by atoms with Crippen molar-refractivity contribution in [2.24, 2.45) is 0 Å². The lowest BCUT2D eigenvalue weighted by molar-refractivity contribution is 0.177. The van der Waals surface area contributed by atoms with Crippen molar-refractivity contribution in [2.75, 3.05) is 12.4 Å². The number of nitrogens with one attached hydrogen (secondary N) is 1. The van der Waals surface area contributed by atoms with Crippen molar-refractivity contribution in [3.8, 4) is 11.4 Å². The molecular weight excluding hydrogens is 512 g/mol. The fraction of sp³-hybridized carbons (Fsp3) is 0.206. The highest BCUT2D eigenvalue weighted by molar-refractivity contribution is 5.91. The zero-order valence-corrected chi connectivity index (χ0v) is 23.8. The lowest BCUT2D eigenvalue weighted by Gasteiger charge is -2.33. The van der Waals surface area contributed by atoms with Crippen molar-refractivity contribution in [2.45, 2.75) is 39.8 Å². The Kier molecular flexibility index (Phi) is 8.15. The molecule has 5 aromatic rings. The summed E-state index contributed by atoms with van der Waals surface area (Å²) in [6.45, 7) is 6.28. The highest BCUT2D eigenvalue weighted by Gasteiger charge is 2.30. The molecule has 4 aromatic carbocycles. The van der Waals surface area contributed by atoms with Gasteiger partial charge in [0, 0.05) is 12.2 Å². The molecule has 0 radical (unpaired) electrons. The second kappa shape index (κ2) is 12.1. The number of carbonyl (C=O) groups excluding carboxylic acids is 1. The second-order valence-corrected chi connectivity index (χ2v) is 10.0. The number of ether oxygens (including phenoxy) is 1. The maximum absolute atomic E-state index is 14.2. The molecule has 0 spiro atoms. The SMILES string of the molecule is CCC(c1nc2ccccc2c(=O)n1-c1ccccc1OC)N(Cc1ccccc1)C(=O)Nc1c(C)cccc1C. The van der Waals surface area contributed by atoms with Crippen LogP contribution >= 0.6 is 0 Å². The van der Waals surface area contributed by atoms with Crippen LogP contribution < -0.4 is 15.6 Å². The first kappa shape index (κ1) is 27.6. The smallest absolute Gasteiger partial charge is 0.322 e. The van der Waals surface area contributed by atoms with Gasteiger partial charge in [-0.15, -0.1) is 0 Å². The number of nitrogens with zero attached hydrogens (tertiary/aromatic N) is 3. The third-order valence-electron chi connectivity index (χ3n) is 7.36. The molecule has 0 bridgehead atoms. The maximum Gasteiger partial charge on any atom is 0.322 e. The molecule has 208 valence electrons. The maximum atomic E-state index is 14.2. The van der Waals surface area contributed by atoms with E-state index < -0.39 is 6.04 Å². The van der Waals surface area contributed by atoms with Crippen LogP contribution in [0.5, 0.6) is 5.75 Å². The zero-order chi connectivity index (χ0) is 28.9. The highest BCUT2D eigenvalue weighted by Crippen LogP contribution is 2.31. The molecule has 7 heteroatoms. The van der Waals surface area contributed by atoms with Crippen LogP contribution in [-0.4, -0.2) is 27.6 Å². The molecule has 0 saturated heterocycles. The Morgan fingerprint density at radius 2 is 1.56 bits per heavy atom. The second-order valence-electron chi connectivity index (χ2n) is 10.0. The molecular formula is C34H34N4O3. The van der Waals surface area contributed by atoms with Crippen LogP contribution in [0.4, 0.5) is 10.5 Å². The number of fused-ring (bicyclic) bond motifs is 1. The van der Waals surface area contributed by atoms with E-state index in [1.807, 2.05) is 112 Å². The molecule has 1 unspecified atom stereocenters. The Hall–Kier alpha value is -4.91.